The van der Waals surface area contributed by atoms with Gasteiger partial charge in [-0.3, -0.25) is 14.3 Å². The molecule has 1 aromatic heterocycles. The van der Waals surface area contributed by atoms with E-state index in [2.05, 4.69) is 50.0 Å². The van der Waals surface area contributed by atoms with Crippen LogP contribution in [0.1, 0.15) is 32.6 Å². The first-order valence-electron chi connectivity index (χ1n) is 11.1. The van der Waals surface area contributed by atoms with Crippen molar-refractivity contribution in [2.75, 3.05) is 6.61 Å². The number of rotatable bonds is 6. The summed E-state index contributed by atoms with van der Waals surface area (Å²) in [5.74, 6) is 0. The summed E-state index contributed by atoms with van der Waals surface area (Å²) < 4.78 is 20.5. The van der Waals surface area contributed by atoms with E-state index in [1.54, 1.807) is 6.92 Å². The third kappa shape index (κ3) is 5.25. The Kier molecular flexibility index (Phi) is 6.80. The van der Waals surface area contributed by atoms with E-state index >= 15 is 0 Å². The fourth-order valence-electron chi connectivity index (χ4n) is 3.94. The maximum atomic E-state index is 12.3. The molecule has 4 rings (SSSR count). The predicted octanol–water partition coefficient (Wildman–Crippen LogP) is 1.69. The fraction of sp³-hybridized carbons (Fsp3) is 0.360. The number of hydrogen-bond acceptors (Lipinski definition) is 5. The molecule has 1 unspecified atom stereocenters. The van der Waals surface area contributed by atoms with Gasteiger partial charge in [0.05, 0.1) is 6.61 Å². The number of nitrogens with zero attached hydrogens (tertiary/aromatic N) is 1. The van der Waals surface area contributed by atoms with Crippen molar-refractivity contribution >= 4 is 19.4 Å². The number of aromatic amines is 1. The van der Waals surface area contributed by atoms with Crippen LogP contribution in [-0.4, -0.2) is 37.6 Å². The second-order valence-electron chi connectivity index (χ2n) is 9.40. The third-order valence-electron chi connectivity index (χ3n) is 5.74. The molecule has 1 N–H and O–H groups in total. The van der Waals surface area contributed by atoms with Crippen molar-refractivity contribution < 1.29 is 13.9 Å². The zero-order valence-corrected chi connectivity index (χ0v) is 20.5. The van der Waals surface area contributed by atoms with Crippen molar-refractivity contribution in [1.29, 1.82) is 0 Å². The molecule has 7 nitrogen and oxygen atoms in total. The average Bonchev–Trinajstić information content (AvgIpc) is 3.26. The number of ether oxygens (including phenoxy) is 2. The number of hydrogen-bond donors (Lipinski definition) is 1. The van der Waals surface area contributed by atoms with Crippen LogP contribution in [0.25, 0.3) is 0 Å². The van der Waals surface area contributed by atoms with Crippen molar-refractivity contribution in [3.8, 4) is 0 Å². The van der Waals surface area contributed by atoms with E-state index in [4.69, 9.17) is 13.9 Å². The average molecular weight is 467 g/mol. The van der Waals surface area contributed by atoms with Crippen LogP contribution in [0.4, 0.5) is 0 Å². The molecule has 1 aliphatic heterocycles. The summed E-state index contributed by atoms with van der Waals surface area (Å²) >= 11 is 0. The summed E-state index contributed by atoms with van der Waals surface area (Å²) in [6, 6.07) is 20.5. The van der Waals surface area contributed by atoms with E-state index in [9.17, 15) is 9.59 Å². The molecule has 1 aliphatic rings. The Labute approximate surface area is 194 Å². The number of benzene rings is 2. The number of aryl methyl sites for hydroxylation is 1. The van der Waals surface area contributed by atoms with Gasteiger partial charge in [0.25, 0.3) is 5.56 Å². The molecule has 3 aromatic rings. The molecular weight excluding hydrogens is 436 g/mol. The van der Waals surface area contributed by atoms with Crippen LogP contribution in [0.2, 0.25) is 0 Å². The van der Waals surface area contributed by atoms with Crippen LogP contribution < -0.4 is 21.6 Å². The van der Waals surface area contributed by atoms with Gasteiger partial charge in [-0.1, -0.05) is 81.4 Å². The monoisotopic (exact) mass is 466 g/mol. The van der Waals surface area contributed by atoms with Gasteiger partial charge < -0.3 is 13.9 Å². The van der Waals surface area contributed by atoms with Crippen molar-refractivity contribution in [2.45, 2.75) is 46.3 Å². The van der Waals surface area contributed by atoms with Crippen LogP contribution in [-0.2, 0) is 13.9 Å². The Morgan fingerprint density at radius 2 is 1.61 bits per heavy atom. The summed E-state index contributed by atoms with van der Waals surface area (Å²) in [5.41, 5.74) is -0.776. The fourth-order valence-corrected chi connectivity index (χ4v) is 6.62. The highest BCUT2D eigenvalue weighted by Crippen LogP contribution is 2.33. The van der Waals surface area contributed by atoms with Gasteiger partial charge in [-0.2, -0.15) is 0 Å². The molecule has 1 saturated heterocycles. The maximum Gasteiger partial charge on any atom is 0.330 e. The molecule has 2 aromatic carbocycles. The second-order valence-corrected chi connectivity index (χ2v) is 11.8. The molecule has 174 valence electrons. The van der Waals surface area contributed by atoms with E-state index in [1.807, 2.05) is 36.4 Å². The second kappa shape index (κ2) is 9.60. The van der Waals surface area contributed by atoms with Crippen LogP contribution >= 0.6 is 0 Å². The lowest BCUT2D eigenvalue weighted by Crippen LogP contribution is -2.53. The van der Waals surface area contributed by atoms with Gasteiger partial charge in [0, 0.05) is 11.8 Å². The van der Waals surface area contributed by atoms with Gasteiger partial charge in [-0.15, -0.1) is 0 Å². The summed E-state index contributed by atoms with van der Waals surface area (Å²) in [6.45, 7) is 8.12. The molecule has 0 spiro atoms. The Bertz CT molecular complexity index is 1150. The smallest absolute Gasteiger partial charge is 0.330 e. The van der Waals surface area contributed by atoms with Crippen molar-refractivity contribution in [1.82, 2.24) is 9.55 Å². The minimum absolute atomic E-state index is 0.189. The number of aromatic nitrogens is 2. The third-order valence-corrected chi connectivity index (χ3v) is 8.28. The lowest BCUT2D eigenvalue weighted by molar-refractivity contribution is -0.159. The summed E-state index contributed by atoms with van der Waals surface area (Å²) in [6.07, 6.45) is -0.161. The molecule has 0 amide bonds. The highest BCUT2D eigenvalue weighted by molar-refractivity contribution is 6.80. The number of nitrogens with one attached hydrogen (secondary N) is 1. The molecule has 0 aliphatic carbocycles. The van der Waals surface area contributed by atoms with Gasteiger partial charge in [-0.05, 0) is 22.7 Å². The van der Waals surface area contributed by atoms with E-state index in [0.29, 0.717) is 5.56 Å². The van der Waals surface area contributed by atoms with Gasteiger partial charge in [0.1, 0.15) is 6.10 Å². The van der Waals surface area contributed by atoms with E-state index in [0.717, 1.165) is 0 Å². The topological polar surface area (TPSA) is 82.6 Å². The van der Waals surface area contributed by atoms with Crippen LogP contribution in [0.5, 0.6) is 0 Å². The first-order chi connectivity index (χ1) is 15.7. The van der Waals surface area contributed by atoms with Crippen LogP contribution in [0, 0.1) is 12.3 Å². The van der Waals surface area contributed by atoms with Crippen LogP contribution in [0.15, 0.2) is 76.4 Å². The normalized spacial score (nSPS) is 19.7. The quantitative estimate of drug-likeness (QED) is 0.559. The Hall–Kier alpha value is -2.78. The van der Waals surface area contributed by atoms with Gasteiger partial charge in [0.15, 0.2) is 12.5 Å². The SMILES string of the molecule is Cc1cn([C@H]2CO[C@@H](C(O[SiH](c3ccccc3)c3ccccc3)C(C)(C)C)O2)c(=O)[nH]c1=O. The molecule has 33 heavy (non-hydrogen) atoms. The Balaban J connectivity index is 1.63. The molecule has 0 bridgehead atoms. The minimum atomic E-state index is -2.06. The molecule has 1 fully saturated rings. The summed E-state index contributed by atoms with van der Waals surface area (Å²) in [7, 11) is -2.06. The van der Waals surface area contributed by atoms with E-state index in [1.165, 1.54) is 21.1 Å². The first-order valence-corrected chi connectivity index (χ1v) is 12.7. The molecular formula is C25H30N2O5Si. The highest BCUT2D eigenvalue weighted by atomic mass is 28.3. The largest absolute Gasteiger partial charge is 0.402 e. The molecule has 3 atom stereocenters. The zero-order valence-electron chi connectivity index (χ0n) is 19.4. The highest BCUT2D eigenvalue weighted by Gasteiger charge is 2.42. The first kappa shape index (κ1) is 23.4. The maximum absolute atomic E-state index is 12.3. The predicted molar refractivity (Wildman–Crippen MR) is 130 cm³/mol. The zero-order chi connectivity index (χ0) is 23.6. The van der Waals surface area contributed by atoms with Gasteiger partial charge in [-0.25, -0.2) is 4.79 Å². The van der Waals surface area contributed by atoms with Gasteiger partial charge >= 0.3 is 5.69 Å². The number of H-pyrrole nitrogens is 1. The summed E-state index contributed by atoms with van der Waals surface area (Å²) in [5, 5.41) is 2.33. The van der Waals surface area contributed by atoms with Crippen molar-refractivity contribution in [2.24, 2.45) is 5.41 Å². The van der Waals surface area contributed by atoms with E-state index in [-0.39, 0.29) is 18.1 Å². The Morgan fingerprint density at radius 1 is 1.03 bits per heavy atom. The lowest BCUT2D eigenvalue weighted by atomic mass is 9.89. The summed E-state index contributed by atoms with van der Waals surface area (Å²) in [4.78, 5) is 26.4. The van der Waals surface area contributed by atoms with Gasteiger partial charge in [0.2, 0.25) is 9.04 Å². The molecule has 2 heterocycles. The molecule has 0 radical (unpaired) electrons. The molecule has 8 heteroatoms. The molecule has 0 saturated carbocycles. The lowest BCUT2D eigenvalue weighted by Gasteiger charge is -2.37. The van der Waals surface area contributed by atoms with Crippen molar-refractivity contribution in [3.05, 3.63) is 93.3 Å². The minimum Gasteiger partial charge on any atom is -0.402 e. The van der Waals surface area contributed by atoms with Crippen LogP contribution in [0.3, 0.4) is 0 Å². The van der Waals surface area contributed by atoms with Crippen molar-refractivity contribution in [3.63, 3.8) is 0 Å². The Morgan fingerprint density at radius 3 is 2.15 bits per heavy atom. The standard InChI is InChI=1S/C25H30N2O5Si/c1-17-15-27(24(29)26-22(17)28)20-16-30-23(31-20)21(25(2,3)4)32-33(18-11-7-5-8-12-18)19-13-9-6-10-14-19/h5-15,20-21,23,33H,16H2,1-4H3,(H,26,28,29)/t20-,21?,23-/m1/s1. The van der Waals surface area contributed by atoms with E-state index < -0.39 is 32.8 Å².